The Kier molecular flexibility index (Phi) is 5.55. The van der Waals surface area contributed by atoms with Gasteiger partial charge in [0.15, 0.2) is 0 Å². The molecule has 0 heterocycles. The van der Waals surface area contributed by atoms with Gasteiger partial charge in [0.25, 0.3) is 0 Å². The van der Waals surface area contributed by atoms with Crippen molar-refractivity contribution in [3.05, 3.63) is 30.1 Å². The van der Waals surface area contributed by atoms with E-state index in [1.165, 1.54) is 12.1 Å². The molecule has 0 aliphatic rings. The van der Waals surface area contributed by atoms with Crippen LogP contribution in [0.1, 0.15) is 19.8 Å². The van der Waals surface area contributed by atoms with Gasteiger partial charge in [-0.1, -0.05) is 19.4 Å². The van der Waals surface area contributed by atoms with Gasteiger partial charge in [-0.3, -0.25) is 0 Å². The van der Waals surface area contributed by atoms with E-state index in [9.17, 15) is 12.8 Å². The quantitative estimate of drug-likeness (QED) is 0.826. The van der Waals surface area contributed by atoms with Gasteiger partial charge in [0.2, 0.25) is 10.0 Å². The van der Waals surface area contributed by atoms with E-state index in [4.69, 9.17) is 9.88 Å². The summed E-state index contributed by atoms with van der Waals surface area (Å²) in [5.74, 6) is -0.277. The molecule has 4 nitrogen and oxygen atoms in total. The Labute approximate surface area is 107 Å². The molecule has 1 aromatic carbocycles. The molecular formula is C12H18FNO3S. The maximum Gasteiger partial charge on any atom is 0.209 e. The van der Waals surface area contributed by atoms with Crippen LogP contribution in [0.25, 0.3) is 0 Å². The lowest BCUT2D eigenvalue weighted by Gasteiger charge is -2.15. The smallest absolute Gasteiger partial charge is 0.209 e. The molecule has 2 N–H and O–H groups in total. The van der Waals surface area contributed by atoms with Gasteiger partial charge in [-0.2, -0.15) is 0 Å². The van der Waals surface area contributed by atoms with Crippen LogP contribution < -0.4 is 9.88 Å². The molecule has 1 aromatic rings. The van der Waals surface area contributed by atoms with E-state index >= 15 is 0 Å². The standard InChI is InChI=1S/C12H18FNO3S/c1-2-4-10(9-18(14,15)16)8-17-12-6-3-5-11(13)7-12/h3,5-7,10H,2,4,8-9H2,1H3,(H2,14,15,16). The van der Waals surface area contributed by atoms with Crippen LogP contribution in [-0.2, 0) is 10.0 Å². The van der Waals surface area contributed by atoms with Crippen LogP contribution in [0.5, 0.6) is 5.75 Å². The summed E-state index contributed by atoms with van der Waals surface area (Å²) in [5, 5.41) is 5.02. The molecule has 0 bridgehead atoms. The van der Waals surface area contributed by atoms with Gasteiger partial charge in [0, 0.05) is 12.0 Å². The molecule has 0 radical (unpaired) electrons. The lowest BCUT2D eigenvalue weighted by molar-refractivity contribution is 0.251. The third-order valence-corrected chi connectivity index (χ3v) is 3.38. The minimum Gasteiger partial charge on any atom is -0.493 e. The van der Waals surface area contributed by atoms with Crippen LogP contribution in [0.15, 0.2) is 24.3 Å². The minimum absolute atomic E-state index is 0.115. The third-order valence-electron chi connectivity index (χ3n) is 2.45. The molecule has 0 amide bonds. The summed E-state index contributed by atoms with van der Waals surface area (Å²) < 4.78 is 40.4. The Morgan fingerprint density at radius 2 is 2.17 bits per heavy atom. The van der Waals surface area contributed by atoms with Crippen LogP contribution in [0.3, 0.4) is 0 Å². The lowest BCUT2D eigenvalue weighted by atomic mass is 10.1. The van der Waals surface area contributed by atoms with E-state index < -0.39 is 10.0 Å². The first kappa shape index (κ1) is 14.9. The Morgan fingerprint density at radius 3 is 2.72 bits per heavy atom. The summed E-state index contributed by atoms with van der Waals surface area (Å²) in [4.78, 5) is 0. The zero-order chi connectivity index (χ0) is 13.6. The SMILES string of the molecule is CCCC(COc1cccc(F)c1)CS(N)(=O)=O. The Morgan fingerprint density at radius 1 is 1.44 bits per heavy atom. The first-order valence-corrected chi connectivity index (χ1v) is 7.51. The van der Waals surface area contributed by atoms with E-state index in [2.05, 4.69) is 0 Å². The van der Waals surface area contributed by atoms with Crippen molar-refractivity contribution in [1.82, 2.24) is 0 Å². The van der Waals surface area contributed by atoms with Gasteiger partial charge < -0.3 is 4.74 Å². The molecule has 0 saturated heterocycles. The maximum atomic E-state index is 12.9. The first-order chi connectivity index (χ1) is 8.40. The van der Waals surface area contributed by atoms with Crippen molar-refractivity contribution in [2.75, 3.05) is 12.4 Å². The number of rotatable bonds is 7. The molecule has 0 aromatic heterocycles. The van der Waals surface area contributed by atoms with Crippen molar-refractivity contribution in [3.8, 4) is 5.75 Å². The molecule has 1 atom stereocenters. The summed E-state index contributed by atoms with van der Waals surface area (Å²) in [6.07, 6.45) is 1.54. The predicted molar refractivity (Wildman–Crippen MR) is 68.3 cm³/mol. The average molecular weight is 275 g/mol. The number of hydrogen-bond acceptors (Lipinski definition) is 3. The zero-order valence-corrected chi connectivity index (χ0v) is 11.1. The van der Waals surface area contributed by atoms with E-state index in [-0.39, 0.29) is 24.1 Å². The predicted octanol–water partition coefficient (Wildman–Crippen LogP) is 1.91. The molecule has 18 heavy (non-hydrogen) atoms. The fourth-order valence-electron chi connectivity index (χ4n) is 1.72. The summed E-state index contributed by atoms with van der Waals surface area (Å²) in [7, 11) is -3.51. The molecule has 0 fully saturated rings. The maximum absolute atomic E-state index is 12.9. The van der Waals surface area contributed by atoms with E-state index in [0.717, 1.165) is 6.42 Å². The molecule has 102 valence electrons. The molecule has 0 aliphatic carbocycles. The number of primary sulfonamides is 1. The van der Waals surface area contributed by atoms with Crippen LogP contribution in [0, 0.1) is 11.7 Å². The topological polar surface area (TPSA) is 69.4 Å². The van der Waals surface area contributed by atoms with Crippen LogP contribution in [-0.4, -0.2) is 20.8 Å². The van der Waals surface area contributed by atoms with Gasteiger partial charge in [0.05, 0.1) is 12.4 Å². The Bertz CT molecular complexity index is 476. The molecule has 0 aliphatic heterocycles. The van der Waals surface area contributed by atoms with Crippen molar-refractivity contribution in [3.63, 3.8) is 0 Å². The van der Waals surface area contributed by atoms with Crippen molar-refractivity contribution in [2.45, 2.75) is 19.8 Å². The van der Waals surface area contributed by atoms with Crippen LogP contribution in [0.4, 0.5) is 4.39 Å². The number of halogens is 1. The normalized spacial score (nSPS) is 13.3. The van der Waals surface area contributed by atoms with Gasteiger partial charge >= 0.3 is 0 Å². The highest BCUT2D eigenvalue weighted by Crippen LogP contribution is 2.15. The van der Waals surface area contributed by atoms with Gasteiger partial charge in [-0.15, -0.1) is 0 Å². The number of nitrogens with two attached hydrogens (primary N) is 1. The monoisotopic (exact) mass is 275 g/mol. The second kappa shape index (κ2) is 6.70. The highest BCUT2D eigenvalue weighted by atomic mass is 32.2. The van der Waals surface area contributed by atoms with Crippen LogP contribution >= 0.6 is 0 Å². The molecule has 1 rings (SSSR count). The zero-order valence-electron chi connectivity index (χ0n) is 10.3. The third kappa shape index (κ3) is 5.97. The summed E-state index contributed by atoms with van der Waals surface area (Å²) in [6, 6.07) is 5.75. The van der Waals surface area contributed by atoms with Gasteiger partial charge in [-0.05, 0) is 18.6 Å². The van der Waals surface area contributed by atoms with E-state index in [0.29, 0.717) is 12.2 Å². The average Bonchev–Trinajstić information content (AvgIpc) is 2.24. The molecule has 6 heteroatoms. The largest absolute Gasteiger partial charge is 0.493 e. The minimum atomic E-state index is -3.51. The summed E-state index contributed by atoms with van der Waals surface area (Å²) >= 11 is 0. The molecule has 0 saturated carbocycles. The van der Waals surface area contributed by atoms with Gasteiger partial charge in [0.1, 0.15) is 11.6 Å². The number of benzene rings is 1. The number of sulfonamides is 1. The molecular weight excluding hydrogens is 257 g/mol. The van der Waals surface area contributed by atoms with Crippen molar-refractivity contribution >= 4 is 10.0 Å². The second-order valence-corrected chi connectivity index (χ2v) is 5.91. The van der Waals surface area contributed by atoms with E-state index in [1.807, 2.05) is 6.92 Å². The highest BCUT2D eigenvalue weighted by molar-refractivity contribution is 7.89. The fraction of sp³-hybridized carbons (Fsp3) is 0.500. The second-order valence-electron chi connectivity index (χ2n) is 4.25. The highest BCUT2D eigenvalue weighted by Gasteiger charge is 2.16. The summed E-state index contributed by atoms with van der Waals surface area (Å²) in [6.45, 7) is 2.17. The molecule has 0 spiro atoms. The van der Waals surface area contributed by atoms with Crippen molar-refractivity contribution in [2.24, 2.45) is 11.1 Å². The number of hydrogen-bond donors (Lipinski definition) is 1. The first-order valence-electron chi connectivity index (χ1n) is 5.79. The Hall–Kier alpha value is -1.14. The van der Waals surface area contributed by atoms with Gasteiger partial charge in [-0.25, -0.2) is 17.9 Å². The van der Waals surface area contributed by atoms with E-state index in [1.54, 1.807) is 12.1 Å². The Balaban J connectivity index is 2.57. The number of ether oxygens (including phenoxy) is 1. The van der Waals surface area contributed by atoms with Crippen molar-refractivity contribution in [1.29, 1.82) is 0 Å². The fourth-order valence-corrected chi connectivity index (χ4v) is 2.64. The van der Waals surface area contributed by atoms with Crippen molar-refractivity contribution < 1.29 is 17.5 Å². The molecule has 1 unspecified atom stereocenters. The summed E-state index contributed by atoms with van der Waals surface area (Å²) in [5.41, 5.74) is 0. The lowest BCUT2D eigenvalue weighted by Crippen LogP contribution is -2.26. The van der Waals surface area contributed by atoms with Crippen LogP contribution in [0.2, 0.25) is 0 Å².